The Kier molecular flexibility index (Phi) is 6.35. The van der Waals surface area contributed by atoms with Gasteiger partial charge in [-0.25, -0.2) is 23.2 Å². The molecule has 1 aromatic carbocycles. The molecule has 182 valence electrons. The summed E-state index contributed by atoms with van der Waals surface area (Å²) in [6.07, 6.45) is 6.78. The van der Waals surface area contributed by atoms with Crippen LogP contribution >= 0.6 is 0 Å². The summed E-state index contributed by atoms with van der Waals surface area (Å²) >= 11 is 0. The van der Waals surface area contributed by atoms with Crippen LogP contribution in [0, 0.1) is 0 Å². The molecule has 2 aliphatic heterocycles. The van der Waals surface area contributed by atoms with Crippen molar-refractivity contribution in [3.05, 3.63) is 60.6 Å². The molecule has 4 heterocycles. The van der Waals surface area contributed by atoms with E-state index in [1.807, 2.05) is 0 Å². The van der Waals surface area contributed by atoms with Gasteiger partial charge in [-0.3, -0.25) is 4.98 Å². The predicted molar refractivity (Wildman–Crippen MR) is 133 cm³/mol. The quantitative estimate of drug-likeness (QED) is 0.535. The topological polar surface area (TPSA) is 126 Å². The zero-order valence-electron chi connectivity index (χ0n) is 19.2. The van der Waals surface area contributed by atoms with Gasteiger partial charge in [0.25, 0.3) is 0 Å². The minimum absolute atomic E-state index is 0.166. The van der Waals surface area contributed by atoms with E-state index in [0.29, 0.717) is 28.7 Å². The van der Waals surface area contributed by atoms with Crippen LogP contribution in [0.15, 0.2) is 54.9 Å². The van der Waals surface area contributed by atoms with Crippen LogP contribution in [-0.4, -0.2) is 61.0 Å². The van der Waals surface area contributed by atoms with E-state index < -0.39 is 9.84 Å². The van der Waals surface area contributed by atoms with Crippen molar-refractivity contribution in [2.45, 2.75) is 30.8 Å². The van der Waals surface area contributed by atoms with Gasteiger partial charge in [0.1, 0.15) is 5.82 Å². The van der Waals surface area contributed by atoms with Crippen LogP contribution in [0.1, 0.15) is 18.5 Å². The van der Waals surface area contributed by atoms with E-state index in [4.69, 9.17) is 9.72 Å². The summed E-state index contributed by atoms with van der Waals surface area (Å²) in [4.78, 5) is 27.7. The first-order valence-electron chi connectivity index (χ1n) is 11.4. The number of ether oxygens (including phenoxy) is 1. The lowest BCUT2D eigenvalue weighted by atomic mass is 10.2. The first kappa shape index (κ1) is 23.2. The van der Waals surface area contributed by atoms with Crippen molar-refractivity contribution < 1.29 is 17.9 Å². The number of hydrogen-bond acceptors (Lipinski definition) is 8. The number of morpholine rings is 1. The lowest BCUT2D eigenvalue weighted by Gasteiger charge is -2.33. The summed E-state index contributed by atoms with van der Waals surface area (Å²) < 4.78 is 29.9. The lowest BCUT2D eigenvalue weighted by molar-refractivity contribution is 0.0302. The van der Waals surface area contributed by atoms with Crippen molar-refractivity contribution in [3.63, 3.8) is 0 Å². The maximum Gasteiger partial charge on any atom is 0.323 e. The number of benzene rings is 1. The average Bonchev–Trinajstić information content (AvgIpc) is 3.16. The van der Waals surface area contributed by atoms with Gasteiger partial charge in [0.05, 0.1) is 35.5 Å². The number of carbonyl (C=O) groups is 1. The van der Waals surface area contributed by atoms with Crippen molar-refractivity contribution in [2.75, 3.05) is 34.9 Å². The van der Waals surface area contributed by atoms with E-state index in [9.17, 15) is 13.2 Å². The third-order valence-corrected chi connectivity index (χ3v) is 6.68. The van der Waals surface area contributed by atoms with Gasteiger partial charge in [-0.1, -0.05) is 0 Å². The molecule has 2 amide bonds. The van der Waals surface area contributed by atoms with Crippen LogP contribution in [-0.2, 0) is 20.3 Å². The van der Waals surface area contributed by atoms with Crippen LogP contribution in [0.5, 0.6) is 0 Å². The molecular formula is C24H26N6O4S. The number of urea groups is 1. The number of sulfone groups is 1. The van der Waals surface area contributed by atoms with Gasteiger partial charge in [-0.05, 0) is 49.2 Å². The number of fused-ring (bicyclic) bond motifs is 2. The Balaban J connectivity index is 1.37. The summed E-state index contributed by atoms with van der Waals surface area (Å²) in [6.45, 7) is 1.44. The second-order valence-electron chi connectivity index (χ2n) is 8.87. The largest absolute Gasteiger partial charge is 0.371 e. The molecule has 2 atom stereocenters. The maximum absolute atomic E-state index is 12.2. The SMILES string of the molecule is CS(=O)(=O)Cc1cc(N2CC3CCC(C2)O3)nc(-c2ccc(NC(=O)Nc3cccnc3)cc2)n1. The molecule has 35 heavy (non-hydrogen) atoms. The predicted octanol–water partition coefficient (Wildman–Crippen LogP) is 3.09. The zero-order chi connectivity index (χ0) is 24.4. The van der Waals surface area contributed by atoms with Crippen molar-refractivity contribution >= 4 is 33.1 Å². The highest BCUT2D eigenvalue weighted by atomic mass is 32.2. The highest BCUT2D eigenvalue weighted by Crippen LogP contribution is 2.30. The summed E-state index contributed by atoms with van der Waals surface area (Å²) in [6, 6.07) is 11.9. The number of anilines is 3. The zero-order valence-corrected chi connectivity index (χ0v) is 20.0. The average molecular weight is 495 g/mol. The third-order valence-electron chi connectivity index (χ3n) is 5.86. The van der Waals surface area contributed by atoms with Crippen LogP contribution < -0.4 is 15.5 Å². The number of pyridine rings is 1. The van der Waals surface area contributed by atoms with Gasteiger partial charge in [0.15, 0.2) is 15.7 Å². The molecule has 10 nitrogen and oxygen atoms in total. The van der Waals surface area contributed by atoms with E-state index in [1.165, 1.54) is 6.26 Å². The summed E-state index contributed by atoms with van der Waals surface area (Å²) in [5.74, 6) is 0.971. The molecule has 2 fully saturated rings. The molecule has 2 bridgehead atoms. The van der Waals surface area contributed by atoms with Crippen molar-refractivity contribution in [1.29, 1.82) is 0 Å². The monoisotopic (exact) mass is 494 g/mol. The van der Waals surface area contributed by atoms with Gasteiger partial charge in [-0.15, -0.1) is 0 Å². The minimum Gasteiger partial charge on any atom is -0.371 e. The fourth-order valence-electron chi connectivity index (χ4n) is 4.35. The first-order chi connectivity index (χ1) is 16.8. The van der Waals surface area contributed by atoms with Crippen molar-refractivity contribution in [2.24, 2.45) is 0 Å². The molecule has 11 heteroatoms. The van der Waals surface area contributed by atoms with Gasteiger partial charge in [0.2, 0.25) is 0 Å². The molecule has 2 aromatic heterocycles. The van der Waals surface area contributed by atoms with Crippen LogP contribution in [0.2, 0.25) is 0 Å². The molecule has 2 N–H and O–H groups in total. The Bertz CT molecular complexity index is 1310. The molecule has 2 unspecified atom stereocenters. The van der Waals surface area contributed by atoms with E-state index >= 15 is 0 Å². The Morgan fingerprint density at radius 1 is 1.06 bits per heavy atom. The summed E-state index contributed by atoms with van der Waals surface area (Å²) in [7, 11) is -3.27. The van der Waals surface area contributed by atoms with E-state index in [2.05, 4.69) is 25.5 Å². The van der Waals surface area contributed by atoms with Crippen LogP contribution in [0.25, 0.3) is 11.4 Å². The second kappa shape index (κ2) is 9.59. The smallest absolute Gasteiger partial charge is 0.323 e. The number of rotatable bonds is 6. The number of nitrogens with one attached hydrogen (secondary N) is 2. The number of nitrogens with zero attached hydrogens (tertiary/aromatic N) is 4. The highest BCUT2D eigenvalue weighted by molar-refractivity contribution is 7.89. The number of hydrogen-bond donors (Lipinski definition) is 2. The Labute approximate surface area is 203 Å². The maximum atomic E-state index is 12.2. The normalized spacial score (nSPS) is 19.4. The molecule has 0 radical (unpaired) electrons. The Morgan fingerprint density at radius 3 is 2.43 bits per heavy atom. The molecule has 0 saturated carbocycles. The van der Waals surface area contributed by atoms with Gasteiger partial charge >= 0.3 is 6.03 Å². The van der Waals surface area contributed by atoms with Crippen molar-refractivity contribution in [3.8, 4) is 11.4 Å². The van der Waals surface area contributed by atoms with Crippen molar-refractivity contribution in [1.82, 2.24) is 15.0 Å². The summed E-state index contributed by atoms with van der Waals surface area (Å²) in [5.41, 5.74) is 2.34. The molecular weight excluding hydrogens is 468 g/mol. The van der Waals surface area contributed by atoms with Gasteiger partial charge < -0.3 is 20.3 Å². The second-order valence-corrected chi connectivity index (χ2v) is 11.0. The lowest BCUT2D eigenvalue weighted by Crippen LogP contribution is -2.43. The fraction of sp³-hybridized carbons (Fsp3) is 0.333. The van der Waals surface area contributed by atoms with E-state index in [0.717, 1.165) is 31.5 Å². The first-order valence-corrected chi connectivity index (χ1v) is 13.4. The Morgan fingerprint density at radius 2 is 1.77 bits per heavy atom. The molecule has 2 aliphatic rings. The molecule has 0 spiro atoms. The molecule has 0 aliphatic carbocycles. The standard InChI is InChI=1S/C24H26N6O4S/c1-35(32,33)15-19-11-22(30-13-20-8-9-21(14-30)34-20)29-23(26-19)16-4-6-17(7-5-16)27-24(31)28-18-3-2-10-25-12-18/h2-7,10-12,20-21H,8-9,13-15H2,1H3,(H2,27,28,31). The van der Waals surface area contributed by atoms with Crippen LogP contribution in [0.3, 0.4) is 0 Å². The van der Waals surface area contributed by atoms with Gasteiger partial charge in [0, 0.05) is 42.9 Å². The Hall–Kier alpha value is -3.57. The van der Waals surface area contributed by atoms with Crippen LogP contribution in [0.4, 0.5) is 22.0 Å². The minimum atomic E-state index is -3.27. The molecule has 5 rings (SSSR count). The fourth-order valence-corrected chi connectivity index (χ4v) is 5.04. The molecule has 3 aromatic rings. The highest BCUT2D eigenvalue weighted by Gasteiger charge is 2.34. The molecule has 2 saturated heterocycles. The number of amides is 2. The third kappa shape index (κ3) is 5.92. The van der Waals surface area contributed by atoms with E-state index in [-0.39, 0.29) is 24.0 Å². The van der Waals surface area contributed by atoms with E-state index in [1.54, 1.807) is 54.9 Å². The number of aromatic nitrogens is 3. The van der Waals surface area contributed by atoms with Gasteiger partial charge in [-0.2, -0.15) is 0 Å². The number of carbonyl (C=O) groups excluding carboxylic acids is 1. The summed E-state index contributed by atoms with van der Waals surface area (Å²) in [5, 5.41) is 5.48.